The summed E-state index contributed by atoms with van der Waals surface area (Å²) in [5.74, 6) is -1.84. The van der Waals surface area contributed by atoms with E-state index < -0.39 is 23.5 Å². The highest BCUT2D eigenvalue weighted by Gasteiger charge is 2.34. The van der Waals surface area contributed by atoms with Gasteiger partial charge in [0.15, 0.2) is 0 Å². The molecule has 0 spiro atoms. The fourth-order valence-electron chi connectivity index (χ4n) is 1.17. The second kappa shape index (κ2) is 5.13. The molecule has 0 saturated carbocycles. The Bertz CT molecular complexity index is 417. The number of hydrogen-bond donors (Lipinski definition) is 2. The highest BCUT2D eigenvalue weighted by molar-refractivity contribution is 5.77. The van der Waals surface area contributed by atoms with Crippen LogP contribution in [-0.2, 0) is 17.5 Å². The molecule has 0 saturated heterocycles. The Morgan fingerprint density at radius 1 is 1.35 bits per heavy atom. The van der Waals surface area contributed by atoms with Gasteiger partial charge in [0.2, 0.25) is 5.91 Å². The van der Waals surface area contributed by atoms with Gasteiger partial charge >= 0.3 is 6.18 Å². The van der Waals surface area contributed by atoms with Crippen molar-refractivity contribution in [1.29, 1.82) is 0 Å². The normalized spacial score (nSPS) is 11.4. The second-order valence-corrected chi connectivity index (χ2v) is 3.29. The molecule has 17 heavy (non-hydrogen) atoms. The van der Waals surface area contributed by atoms with E-state index in [4.69, 9.17) is 5.73 Å². The Morgan fingerprint density at radius 3 is 2.53 bits per heavy atom. The predicted molar refractivity (Wildman–Crippen MR) is 52.3 cm³/mol. The maximum absolute atomic E-state index is 12.9. The molecule has 1 amide bonds. The van der Waals surface area contributed by atoms with Crippen LogP contribution in [0.15, 0.2) is 18.2 Å². The summed E-state index contributed by atoms with van der Waals surface area (Å²) in [4.78, 5) is 10.8. The van der Waals surface area contributed by atoms with Gasteiger partial charge in [0.1, 0.15) is 5.82 Å². The Morgan fingerprint density at radius 2 is 2.00 bits per heavy atom. The maximum atomic E-state index is 12.9. The van der Waals surface area contributed by atoms with Crippen LogP contribution in [0.3, 0.4) is 0 Å². The minimum atomic E-state index is -4.75. The van der Waals surface area contributed by atoms with E-state index in [1.807, 2.05) is 0 Å². The molecular formula is C10H10F4N2O. The van der Waals surface area contributed by atoms with Gasteiger partial charge in [-0.2, -0.15) is 13.2 Å². The zero-order valence-corrected chi connectivity index (χ0v) is 8.64. The van der Waals surface area contributed by atoms with Crippen LogP contribution >= 0.6 is 0 Å². The molecule has 3 nitrogen and oxygen atoms in total. The van der Waals surface area contributed by atoms with Gasteiger partial charge in [0.05, 0.1) is 12.1 Å². The molecule has 7 heteroatoms. The Kier molecular flexibility index (Phi) is 4.06. The first-order valence-corrected chi connectivity index (χ1v) is 4.67. The van der Waals surface area contributed by atoms with Crippen molar-refractivity contribution < 1.29 is 22.4 Å². The van der Waals surface area contributed by atoms with E-state index in [0.29, 0.717) is 12.1 Å². The fourth-order valence-corrected chi connectivity index (χ4v) is 1.17. The maximum Gasteiger partial charge on any atom is 0.419 e. The number of carbonyl (C=O) groups excluding carboxylic acids is 1. The summed E-state index contributed by atoms with van der Waals surface area (Å²) in [6.07, 6.45) is -4.75. The minimum Gasteiger partial charge on any atom is -0.351 e. The molecular weight excluding hydrogens is 240 g/mol. The zero-order valence-electron chi connectivity index (χ0n) is 8.64. The van der Waals surface area contributed by atoms with Crippen LogP contribution in [0.2, 0.25) is 0 Å². The number of rotatable bonds is 3. The van der Waals surface area contributed by atoms with Crippen LogP contribution in [-0.4, -0.2) is 12.5 Å². The average molecular weight is 250 g/mol. The summed E-state index contributed by atoms with van der Waals surface area (Å²) in [6, 6.07) is 2.54. The lowest BCUT2D eigenvalue weighted by Gasteiger charge is -2.10. The van der Waals surface area contributed by atoms with Gasteiger partial charge in [0.25, 0.3) is 0 Å². The van der Waals surface area contributed by atoms with E-state index in [2.05, 4.69) is 5.32 Å². The lowest BCUT2D eigenvalue weighted by molar-refractivity contribution is -0.140. The van der Waals surface area contributed by atoms with Crippen molar-refractivity contribution in [2.75, 3.05) is 6.54 Å². The third-order valence-electron chi connectivity index (χ3n) is 2.01. The van der Waals surface area contributed by atoms with Gasteiger partial charge in [-0.25, -0.2) is 4.39 Å². The lowest BCUT2D eigenvalue weighted by atomic mass is 10.1. The van der Waals surface area contributed by atoms with Gasteiger partial charge < -0.3 is 11.1 Å². The third kappa shape index (κ3) is 3.70. The van der Waals surface area contributed by atoms with Crippen molar-refractivity contribution in [2.24, 2.45) is 5.73 Å². The van der Waals surface area contributed by atoms with Crippen LogP contribution in [0.25, 0.3) is 0 Å². The monoisotopic (exact) mass is 250 g/mol. The summed E-state index contributed by atoms with van der Waals surface area (Å²) in [5, 5.41) is 2.29. The summed E-state index contributed by atoms with van der Waals surface area (Å²) >= 11 is 0. The standard InChI is InChI=1S/C10H10F4N2O/c11-8-2-1-6(5-16-9(17)4-15)3-7(8)10(12,13)14/h1-3H,4-5,15H2,(H,16,17). The van der Waals surface area contributed by atoms with E-state index in [1.54, 1.807) is 0 Å². The summed E-state index contributed by atoms with van der Waals surface area (Å²) < 4.78 is 49.9. The highest BCUT2D eigenvalue weighted by Crippen LogP contribution is 2.31. The molecule has 3 N–H and O–H groups in total. The molecule has 0 unspecified atom stereocenters. The number of halogens is 4. The van der Waals surface area contributed by atoms with E-state index in [0.717, 1.165) is 0 Å². The molecule has 94 valence electrons. The first-order valence-electron chi connectivity index (χ1n) is 4.67. The Balaban J connectivity index is 2.86. The molecule has 1 aromatic carbocycles. The quantitative estimate of drug-likeness (QED) is 0.797. The van der Waals surface area contributed by atoms with Gasteiger partial charge in [-0.05, 0) is 17.7 Å². The second-order valence-electron chi connectivity index (χ2n) is 3.29. The number of nitrogens with two attached hydrogens (primary N) is 1. The molecule has 1 aromatic rings. The summed E-state index contributed by atoms with van der Waals surface area (Å²) in [5.41, 5.74) is 3.81. The number of carbonyl (C=O) groups is 1. The van der Waals surface area contributed by atoms with Crippen LogP contribution in [0, 0.1) is 5.82 Å². The summed E-state index contributed by atoms with van der Waals surface area (Å²) in [7, 11) is 0. The lowest BCUT2D eigenvalue weighted by Crippen LogP contribution is -2.29. The molecule has 0 atom stereocenters. The van der Waals surface area contributed by atoms with Gasteiger partial charge in [-0.15, -0.1) is 0 Å². The molecule has 0 bridgehead atoms. The average Bonchev–Trinajstić information content (AvgIpc) is 2.26. The topological polar surface area (TPSA) is 55.1 Å². The molecule has 0 aromatic heterocycles. The number of nitrogens with one attached hydrogen (secondary N) is 1. The SMILES string of the molecule is NCC(=O)NCc1ccc(F)c(C(F)(F)F)c1. The smallest absolute Gasteiger partial charge is 0.351 e. The van der Waals surface area contributed by atoms with Crippen molar-refractivity contribution >= 4 is 5.91 Å². The molecule has 0 fully saturated rings. The van der Waals surface area contributed by atoms with Crippen molar-refractivity contribution in [3.63, 3.8) is 0 Å². The van der Waals surface area contributed by atoms with Crippen molar-refractivity contribution in [2.45, 2.75) is 12.7 Å². The van der Waals surface area contributed by atoms with Crippen molar-refractivity contribution in [3.8, 4) is 0 Å². The third-order valence-corrected chi connectivity index (χ3v) is 2.01. The number of alkyl halides is 3. The van der Waals surface area contributed by atoms with Crippen molar-refractivity contribution in [1.82, 2.24) is 5.32 Å². The van der Waals surface area contributed by atoms with E-state index in [-0.39, 0.29) is 18.7 Å². The molecule has 0 aliphatic heterocycles. The molecule has 0 aliphatic carbocycles. The molecule has 1 rings (SSSR count). The van der Waals surface area contributed by atoms with E-state index in [9.17, 15) is 22.4 Å². The highest BCUT2D eigenvalue weighted by atomic mass is 19.4. The van der Waals surface area contributed by atoms with Crippen LogP contribution in [0.5, 0.6) is 0 Å². The first kappa shape index (κ1) is 13.4. The largest absolute Gasteiger partial charge is 0.419 e. The molecule has 0 radical (unpaired) electrons. The Hall–Kier alpha value is -1.63. The van der Waals surface area contributed by atoms with Crippen molar-refractivity contribution in [3.05, 3.63) is 35.1 Å². The van der Waals surface area contributed by atoms with Crippen LogP contribution in [0.1, 0.15) is 11.1 Å². The molecule has 0 aliphatic rings. The van der Waals surface area contributed by atoms with E-state index in [1.165, 1.54) is 6.07 Å². The Labute approximate surface area is 94.6 Å². The number of benzene rings is 1. The molecule has 0 heterocycles. The van der Waals surface area contributed by atoms with Gasteiger partial charge in [-0.3, -0.25) is 4.79 Å². The first-order chi connectivity index (χ1) is 7.84. The number of amides is 1. The van der Waals surface area contributed by atoms with Crippen LogP contribution in [0.4, 0.5) is 17.6 Å². The minimum absolute atomic E-state index is 0.126. The van der Waals surface area contributed by atoms with E-state index >= 15 is 0 Å². The van der Waals surface area contributed by atoms with Gasteiger partial charge in [-0.1, -0.05) is 6.07 Å². The van der Waals surface area contributed by atoms with Gasteiger partial charge in [0, 0.05) is 6.54 Å². The predicted octanol–water partition coefficient (Wildman–Crippen LogP) is 1.42. The van der Waals surface area contributed by atoms with Crippen LogP contribution < -0.4 is 11.1 Å². The number of hydrogen-bond acceptors (Lipinski definition) is 2. The fraction of sp³-hybridized carbons (Fsp3) is 0.300. The summed E-state index contributed by atoms with van der Waals surface area (Å²) in [6.45, 7) is -0.382. The zero-order chi connectivity index (χ0) is 13.1.